The van der Waals surface area contributed by atoms with E-state index in [4.69, 9.17) is 20.4 Å². The van der Waals surface area contributed by atoms with Crippen molar-refractivity contribution in [1.29, 1.82) is 0 Å². The van der Waals surface area contributed by atoms with Gasteiger partial charge >= 0.3 is 0 Å². The van der Waals surface area contributed by atoms with E-state index in [-0.39, 0.29) is 6.47 Å². The molecule has 1 aromatic heterocycles. The Hall–Kier alpha value is -1.85. The lowest BCUT2D eigenvalue weighted by Gasteiger charge is -2.29. The Morgan fingerprint density at radius 3 is 2.68 bits per heavy atom. The number of ether oxygens (including phenoxy) is 1. The van der Waals surface area contributed by atoms with Crippen LogP contribution in [-0.2, 0) is 24.2 Å². The summed E-state index contributed by atoms with van der Waals surface area (Å²) >= 11 is 1.94. The van der Waals surface area contributed by atoms with Crippen molar-refractivity contribution in [3.05, 3.63) is 39.8 Å². The van der Waals surface area contributed by atoms with E-state index >= 15 is 0 Å². The molecular weight excluding hydrogens is 334 g/mol. The number of rotatable bonds is 3. The third-order valence-corrected chi connectivity index (χ3v) is 6.21. The van der Waals surface area contributed by atoms with E-state index in [1.807, 2.05) is 23.5 Å². The van der Waals surface area contributed by atoms with E-state index in [1.165, 1.54) is 35.3 Å². The summed E-state index contributed by atoms with van der Waals surface area (Å²) in [6.07, 6.45) is 3.66. The third-order valence-electron chi connectivity index (χ3n) is 4.78. The molecule has 136 valence electrons. The topological polar surface area (TPSA) is 72.5 Å². The van der Waals surface area contributed by atoms with E-state index in [0.717, 1.165) is 11.3 Å². The first-order valence-corrected chi connectivity index (χ1v) is 9.25. The zero-order chi connectivity index (χ0) is 18.6. The molecule has 2 aromatic rings. The van der Waals surface area contributed by atoms with Crippen molar-refractivity contribution in [2.45, 2.75) is 46.6 Å². The van der Waals surface area contributed by atoms with Crippen molar-refractivity contribution in [2.75, 3.05) is 7.11 Å². The van der Waals surface area contributed by atoms with Crippen LogP contribution in [-0.4, -0.2) is 18.7 Å². The summed E-state index contributed by atoms with van der Waals surface area (Å²) in [5, 5.41) is 6.89. The molecule has 25 heavy (non-hydrogen) atoms. The van der Waals surface area contributed by atoms with Crippen LogP contribution in [0.15, 0.2) is 18.2 Å². The fourth-order valence-electron chi connectivity index (χ4n) is 3.38. The third kappa shape index (κ3) is 4.22. The van der Waals surface area contributed by atoms with Gasteiger partial charge in [-0.25, -0.2) is 0 Å². The Morgan fingerprint density at radius 2 is 2.08 bits per heavy atom. The fraction of sp³-hybridized carbons (Fsp3) is 0.450. The van der Waals surface area contributed by atoms with Crippen molar-refractivity contribution in [3.8, 4) is 16.2 Å². The van der Waals surface area contributed by atoms with Gasteiger partial charge in [0, 0.05) is 21.9 Å². The van der Waals surface area contributed by atoms with Gasteiger partial charge in [-0.15, -0.1) is 11.3 Å². The van der Waals surface area contributed by atoms with Gasteiger partial charge in [0.15, 0.2) is 0 Å². The van der Waals surface area contributed by atoms with Crippen molar-refractivity contribution in [2.24, 2.45) is 11.1 Å². The van der Waals surface area contributed by atoms with Gasteiger partial charge in [0.25, 0.3) is 6.47 Å². The van der Waals surface area contributed by atoms with Gasteiger partial charge < -0.3 is 15.6 Å². The Balaban J connectivity index is 0.000000701. The average molecular weight is 362 g/mol. The number of carboxylic acid groups (broad SMARTS) is 1. The molecule has 0 bridgehead atoms. The number of fused-ring (bicyclic) bond motifs is 1. The Kier molecular flexibility index (Phi) is 6.25. The lowest BCUT2D eigenvalue weighted by Crippen LogP contribution is -2.21. The maximum Gasteiger partial charge on any atom is 0.290 e. The van der Waals surface area contributed by atoms with Gasteiger partial charge in [0.2, 0.25) is 0 Å². The zero-order valence-corrected chi connectivity index (χ0v) is 16.2. The van der Waals surface area contributed by atoms with Gasteiger partial charge in [-0.3, -0.25) is 4.79 Å². The number of aryl methyl sites for hydroxylation is 1. The molecule has 0 unspecified atom stereocenters. The summed E-state index contributed by atoms with van der Waals surface area (Å²) in [6.45, 7) is 7.33. The summed E-state index contributed by atoms with van der Waals surface area (Å²) in [7, 11) is 1.74. The minimum absolute atomic E-state index is 0.250. The quantitative estimate of drug-likeness (QED) is 0.795. The molecular formula is C20H27NO3S. The number of methoxy groups -OCH3 is 1. The molecule has 4 nitrogen and oxygen atoms in total. The first-order valence-electron chi connectivity index (χ1n) is 8.43. The maximum atomic E-state index is 8.36. The molecule has 0 saturated carbocycles. The SMILES string of the molecule is COc1ccc(CN)cc1-c1sc2c(c1C)CC(C)(C)CC2.O=CO. The van der Waals surface area contributed by atoms with Gasteiger partial charge in [-0.2, -0.15) is 0 Å². The number of nitrogens with two attached hydrogens (primary N) is 1. The minimum atomic E-state index is -0.250. The van der Waals surface area contributed by atoms with Crippen molar-refractivity contribution < 1.29 is 14.6 Å². The van der Waals surface area contributed by atoms with Crippen LogP contribution >= 0.6 is 11.3 Å². The summed E-state index contributed by atoms with van der Waals surface area (Å²) < 4.78 is 5.59. The van der Waals surface area contributed by atoms with Gasteiger partial charge in [-0.1, -0.05) is 19.9 Å². The van der Waals surface area contributed by atoms with E-state index in [9.17, 15) is 0 Å². The first kappa shape index (κ1) is 19.5. The van der Waals surface area contributed by atoms with E-state index in [1.54, 1.807) is 17.6 Å². The number of hydrogen-bond acceptors (Lipinski definition) is 4. The number of benzene rings is 1. The second-order valence-corrected chi connectivity index (χ2v) is 8.25. The largest absolute Gasteiger partial charge is 0.496 e. The number of hydrogen-bond donors (Lipinski definition) is 2. The molecule has 0 spiro atoms. The molecule has 0 saturated heterocycles. The lowest BCUT2D eigenvalue weighted by molar-refractivity contribution is -0.122. The second-order valence-electron chi connectivity index (χ2n) is 7.14. The van der Waals surface area contributed by atoms with Crippen LogP contribution in [0.25, 0.3) is 10.4 Å². The van der Waals surface area contributed by atoms with Crippen LogP contribution in [0, 0.1) is 12.3 Å². The smallest absolute Gasteiger partial charge is 0.290 e. The summed E-state index contributed by atoms with van der Waals surface area (Å²) in [5.41, 5.74) is 11.6. The van der Waals surface area contributed by atoms with Crippen LogP contribution in [0.2, 0.25) is 0 Å². The highest BCUT2D eigenvalue weighted by molar-refractivity contribution is 7.16. The highest BCUT2D eigenvalue weighted by Gasteiger charge is 2.29. The summed E-state index contributed by atoms with van der Waals surface area (Å²) in [4.78, 5) is 11.3. The molecule has 3 rings (SSSR count). The maximum absolute atomic E-state index is 8.36. The monoisotopic (exact) mass is 361 g/mol. The molecule has 1 aliphatic rings. The zero-order valence-electron chi connectivity index (χ0n) is 15.4. The normalized spacial score (nSPS) is 14.9. The minimum Gasteiger partial charge on any atom is -0.496 e. The molecule has 0 fully saturated rings. The first-order chi connectivity index (χ1) is 11.9. The molecule has 5 heteroatoms. The Morgan fingerprint density at radius 1 is 1.40 bits per heavy atom. The van der Waals surface area contributed by atoms with Crippen molar-refractivity contribution >= 4 is 17.8 Å². The van der Waals surface area contributed by atoms with Crippen LogP contribution < -0.4 is 10.5 Å². The summed E-state index contributed by atoms with van der Waals surface area (Å²) in [6, 6.07) is 6.28. The van der Waals surface area contributed by atoms with Crippen molar-refractivity contribution in [3.63, 3.8) is 0 Å². The van der Waals surface area contributed by atoms with E-state index in [2.05, 4.69) is 26.8 Å². The molecule has 0 amide bonds. The van der Waals surface area contributed by atoms with Gasteiger partial charge in [0.05, 0.1) is 7.11 Å². The molecule has 0 atom stereocenters. The van der Waals surface area contributed by atoms with Gasteiger partial charge in [0.1, 0.15) is 5.75 Å². The highest BCUT2D eigenvalue weighted by Crippen LogP contribution is 2.46. The highest BCUT2D eigenvalue weighted by atomic mass is 32.1. The predicted molar refractivity (Wildman–Crippen MR) is 103 cm³/mol. The van der Waals surface area contributed by atoms with Gasteiger partial charge in [-0.05, 0) is 60.4 Å². The van der Waals surface area contributed by atoms with Crippen LogP contribution in [0.3, 0.4) is 0 Å². The van der Waals surface area contributed by atoms with Crippen LogP contribution in [0.5, 0.6) is 5.75 Å². The molecule has 1 aliphatic carbocycles. The molecule has 1 heterocycles. The summed E-state index contributed by atoms with van der Waals surface area (Å²) in [5.74, 6) is 0.943. The fourth-order valence-corrected chi connectivity index (χ4v) is 4.72. The standard InChI is InChI=1S/C19H25NOS.CH2O2/c1-12-15-10-19(2,3)8-7-17(15)22-18(12)14-9-13(11-20)5-6-16(14)21-4;2-1-3/h5-6,9H,7-8,10-11,20H2,1-4H3;1H,(H,2,3). The number of carbonyl (C=O) groups is 1. The number of thiophene rings is 1. The molecule has 0 aliphatic heterocycles. The van der Waals surface area contributed by atoms with E-state index < -0.39 is 0 Å². The lowest BCUT2D eigenvalue weighted by atomic mass is 9.76. The molecule has 3 N–H and O–H groups in total. The average Bonchev–Trinajstić information content (AvgIpc) is 2.90. The molecule has 0 radical (unpaired) electrons. The predicted octanol–water partition coefficient (Wildman–Crippen LogP) is 4.41. The van der Waals surface area contributed by atoms with Crippen molar-refractivity contribution in [1.82, 2.24) is 0 Å². The molecule has 1 aromatic carbocycles. The Labute approximate surface area is 153 Å². The van der Waals surface area contributed by atoms with Crippen LogP contribution in [0.4, 0.5) is 0 Å². The second kappa shape index (κ2) is 8.02. The Bertz CT molecular complexity index is 750. The van der Waals surface area contributed by atoms with E-state index in [0.29, 0.717) is 12.0 Å². The van der Waals surface area contributed by atoms with Crippen LogP contribution in [0.1, 0.15) is 41.8 Å².